The third kappa shape index (κ3) is 5.23. The molecule has 0 bridgehead atoms. The quantitative estimate of drug-likeness (QED) is 0.517. The molecule has 3 rings (SSSR count). The number of halogens is 3. The van der Waals surface area contributed by atoms with Gasteiger partial charge in [-0.25, -0.2) is 0 Å². The Labute approximate surface area is 167 Å². The summed E-state index contributed by atoms with van der Waals surface area (Å²) in [6, 6.07) is 14.3. The van der Waals surface area contributed by atoms with Crippen molar-refractivity contribution < 1.29 is 18.0 Å². The summed E-state index contributed by atoms with van der Waals surface area (Å²) in [6.07, 6.45) is -4.54. The maximum Gasteiger partial charge on any atom is 0.418 e. The van der Waals surface area contributed by atoms with Crippen LogP contribution in [0.15, 0.2) is 58.9 Å². The summed E-state index contributed by atoms with van der Waals surface area (Å²) < 4.78 is 39.7. The van der Waals surface area contributed by atoms with Gasteiger partial charge in [0.1, 0.15) is 0 Å². The zero-order chi connectivity index (χ0) is 20.1. The van der Waals surface area contributed by atoms with Gasteiger partial charge >= 0.3 is 6.18 Å². The van der Waals surface area contributed by atoms with E-state index in [0.29, 0.717) is 9.47 Å². The molecule has 0 fully saturated rings. The first-order valence-corrected chi connectivity index (χ1v) is 9.82. The topological polar surface area (TPSA) is 66.9 Å². The molecule has 1 amide bonds. The van der Waals surface area contributed by atoms with Crippen LogP contribution in [-0.2, 0) is 11.0 Å². The molecule has 146 valence electrons. The second-order valence-electron chi connectivity index (χ2n) is 5.66. The van der Waals surface area contributed by atoms with Crippen molar-refractivity contribution in [3.8, 4) is 0 Å². The van der Waals surface area contributed by atoms with E-state index < -0.39 is 22.9 Å². The predicted molar refractivity (Wildman–Crippen MR) is 105 cm³/mol. The van der Waals surface area contributed by atoms with E-state index >= 15 is 0 Å². The molecule has 2 N–H and O–H groups in total. The average molecular weight is 424 g/mol. The smallest absolute Gasteiger partial charge is 0.330 e. The van der Waals surface area contributed by atoms with E-state index in [1.165, 1.54) is 29.5 Å². The minimum atomic E-state index is -4.54. The first kappa shape index (κ1) is 20.2. The van der Waals surface area contributed by atoms with E-state index in [1.54, 1.807) is 6.92 Å². The Morgan fingerprint density at radius 3 is 2.46 bits per heavy atom. The molecule has 0 spiro atoms. The fourth-order valence-corrected chi connectivity index (χ4v) is 4.15. The summed E-state index contributed by atoms with van der Waals surface area (Å²) in [6.45, 7) is 1.60. The van der Waals surface area contributed by atoms with Crippen LogP contribution in [0.3, 0.4) is 0 Å². The van der Waals surface area contributed by atoms with Crippen molar-refractivity contribution in [3.63, 3.8) is 0 Å². The monoisotopic (exact) mass is 424 g/mol. The van der Waals surface area contributed by atoms with E-state index in [4.69, 9.17) is 0 Å². The van der Waals surface area contributed by atoms with Crippen LogP contribution in [0.25, 0.3) is 0 Å². The van der Waals surface area contributed by atoms with Gasteiger partial charge in [-0.2, -0.15) is 13.2 Å². The van der Waals surface area contributed by atoms with E-state index in [0.717, 1.165) is 23.5 Å². The van der Waals surface area contributed by atoms with Gasteiger partial charge in [0.25, 0.3) is 0 Å². The molecule has 5 nitrogen and oxygen atoms in total. The molecule has 1 heterocycles. The Kier molecular flexibility index (Phi) is 6.20. The molecular weight excluding hydrogens is 409 g/mol. The fourth-order valence-electron chi connectivity index (χ4n) is 2.23. The Hall–Kier alpha value is -2.59. The third-order valence-electron chi connectivity index (χ3n) is 3.57. The van der Waals surface area contributed by atoms with Crippen LogP contribution in [0, 0.1) is 0 Å². The zero-order valence-electron chi connectivity index (χ0n) is 14.5. The second kappa shape index (κ2) is 8.61. The van der Waals surface area contributed by atoms with Crippen LogP contribution < -0.4 is 10.6 Å². The number of rotatable bonds is 6. The van der Waals surface area contributed by atoms with Crippen molar-refractivity contribution in [1.82, 2.24) is 10.2 Å². The highest BCUT2D eigenvalue weighted by Crippen LogP contribution is 2.35. The van der Waals surface area contributed by atoms with E-state index in [9.17, 15) is 18.0 Å². The van der Waals surface area contributed by atoms with Crippen LogP contribution in [0.5, 0.6) is 0 Å². The van der Waals surface area contributed by atoms with Gasteiger partial charge in [0, 0.05) is 5.69 Å². The maximum absolute atomic E-state index is 13.0. The zero-order valence-corrected chi connectivity index (χ0v) is 16.2. The number of anilines is 3. The molecule has 0 saturated carbocycles. The number of amides is 1. The van der Waals surface area contributed by atoms with Crippen LogP contribution in [0.2, 0.25) is 0 Å². The van der Waals surface area contributed by atoms with Crippen LogP contribution >= 0.6 is 23.1 Å². The first-order chi connectivity index (χ1) is 13.3. The molecule has 1 unspecified atom stereocenters. The lowest BCUT2D eigenvalue weighted by atomic mass is 10.1. The van der Waals surface area contributed by atoms with Crippen molar-refractivity contribution in [2.45, 2.75) is 22.7 Å². The number of thioether (sulfide) groups is 1. The standard InChI is InChI=1S/C18H15F3N4OS2/c1-11(15(26)23-14-10-6-5-9-13(14)18(19,20)21)27-17-25-24-16(28-17)22-12-7-3-2-4-8-12/h2-11H,1H3,(H,22,24)(H,23,26). The normalized spacial score (nSPS) is 12.4. The molecule has 0 aliphatic carbocycles. The molecule has 28 heavy (non-hydrogen) atoms. The van der Waals surface area contributed by atoms with Gasteiger partial charge in [-0.1, -0.05) is 53.4 Å². The van der Waals surface area contributed by atoms with Crippen LogP contribution in [0.1, 0.15) is 12.5 Å². The maximum atomic E-state index is 13.0. The average Bonchev–Trinajstić information content (AvgIpc) is 3.09. The lowest BCUT2D eigenvalue weighted by Crippen LogP contribution is -2.24. The van der Waals surface area contributed by atoms with Crippen LogP contribution in [-0.4, -0.2) is 21.4 Å². The van der Waals surface area contributed by atoms with Crippen molar-refractivity contribution >= 4 is 45.5 Å². The minimum absolute atomic E-state index is 0.267. The van der Waals surface area contributed by atoms with E-state index in [2.05, 4.69) is 20.8 Å². The van der Waals surface area contributed by atoms with Gasteiger partial charge in [0.2, 0.25) is 11.0 Å². The van der Waals surface area contributed by atoms with Crippen molar-refractivity contribution in [2.75, 3.05) is 10.6 Å². The van der Waals surface area contributed by atoms with Gasteiger partial charge in [-0.15, -0.1) is 10.2 Å². The number of hydrogen-bond acceptors (Lipinski definition) is 6. The first-order valence-electron chi connectivity index (χ1n) is 8.12. The highest BCUT2D eigenvalue weighted by atomic mass is 32.2. The summed E-state index contributed by atoms with van der Waals surface area (Å²) in [5.74, 6) is -0.547. The second-order valence-corrected chi connectivity index (χ2v) is 8.22. The molecule has 10 heteroatoms. The molecule has 0 aliphatic heterocycles. The Bertz CT molecular complexity index is 947. The highest BCUT2D eigenvalue weighted by Gasteiger charge is 2.34. The lowest BCUT2D eigenvalue weighted by Gasteiger charge is -2.15. The number of benzene rings is 2. The molecule has 0 aliphatic rings. The van der Waals surface area contributed by atoms with Gasteiger partial charge < -0.3 is 10.6 Å². The van der Waals surface area contributed by atoms with Gasteiger partial charge in [0.15, 0.2) is 4.34 Å². The minimum Gasteiger partial charge on any atom is -0.330 e. The molecular formula is C18H15F3N4OS2. The summed E-state index contributed by atoms with van der Waals surface area (Å²) in [5.41, 5.74) is -0.299. The number of alkyl halides is 3. The summed E-state index contributed by atoms with van der Waals surface area (Å²) in [5, 5.41) is 13.4. The largest absolute Gasteiger partial charge is 0.418 e. The third-order valence-corrected chi connectivity index (χ3v) is 5.59. The molecule has 1 atom stereocenters. The number of carbonyl (C=O) groups is 1. The summed E-state index contributed by atoms with van der Waals surface area (Å²) in [7, 11) is 0. The van der Waals surface area contributed by atoms with Gasteiger partial charge in [-0.3, -0.25) is 4.79 Å². The number of nitrogens with one attached hydrogen (secondary N) is 2. The van der Waals surface area contributed by atoms with Crippen molar-refractivity contribution in [3.05, 3.63) is 60.2 Å². The lowest BCUT2D eigenvalue weighted by molar-refractivity contribution is -0.137. The number of hydrogen-bond donors (Lipinski definition) is 2. The molecule has 0 saturated heterocycles. The molecule has 0 radical (unpaired) electrons. The molecule has 3 aromatic rings. The Morgan fingerprint density at radius 2 is 1.75 bits per heavy atom. The van der Waals surface area contributed by atoms with Gasteiger partial charge in [-0.05, 0) is 31.2 Å². The number of aromatic nitrogens is 2. The van der Waals surface area contributed by atoms with Crippen LogP contribution in [0.4, 0.5) is 29.7 Å². The van der Waals surface area contributed by atoms with E-state index in [-0.39, 0.29) is 5.69 Å². The highest BCUT2D eigenvalue weighted by molar-refractivity contribution is 8.02. The summed E-state index contributed by atoms with van der Waals surface area (Å²) >= 11 is 2.38. The molecule has 2 aromatic carbocycles. The van der Waals surface area contributed by atoms with Crippen molar-refractivity contribution in [2.24, 2.45) is 0 Å². The number of para-hydroxylation sites is 2. The summed E-state index contributed by atoms with van der Waals surface area (Å²) in [4.78, 5) is 12.3. The van der Waals surface area contributed by atoms with Crippen molar-refractivity contribution in [1.29, 1.82) is 0 Å². The Morgan fingerprint density at radius 1 is 1.07 bits per heavy atom. The number of nitrogens with zero attached hydrogens (tertiary/aromatic N) is 2. The van der Waals surface area contributed by atoms with E-state index in [1.807, 2.05) is 30.3 Å². The fraction of sp³-hybridized carbons (Fsp3) is 0.167. The number of carbonyl (C=O) groups excluding carboxylic acids is 1. The predicted octanol–water partition coefficient (Wildman–Crippen LogP) is 5.42. The Balaban J connectivity index is 1.63. The van der Waals surface area contributed by atoms with Gasteiger partial charge in [0.05, 0.1) is 16.5 Å². The SMILES string of the molecule is CC(Sc1nnc(Nc2ccccc2)s1)C(=O)Nc1ccccc1C(F)(F)F. The molecule has 1 aromatic heterocycles.